The molecule has 19 heavy (non-hydrogen) atoms. The Balaban J connectivity index is 2.60. The van der Waals surface area contributed by atoms with E-state index in [4.69, 9.17) is 21.8 Å². The van der Waals surface area contributed by atoms with Crippen molar-refractivity contribution in [1.82, 2.24) is 0 Å². The second-order valence-corrected chi connectivity index (χ2v) is 14.5. The van der Waals surface area contributed by atoms with Crippen LogP contribution in [-0.4, -0.2) is 54.3 Å². The van der Waals surface area contributed by atoms with E-state index < -0.39 is 26.4 Å². The Morgan fingerprint density at radius 1 is 1.16 bits per heavy atom. The second-order valence-electron chi connectivity index (χ2n) is 5.20. The fourth-order valence-corrected chi connectivity index (χ4v) is 12.8. The average Bonchev–Trinajstić information content (AvgIpc) is 2.39. The lowest BCUT2D eigenvalue weighted by atomic mass is 10.4. The zero-order chi connectivity index (χ0) is 14.4. The Hall–Kier alpha value is 0.451. The molecular formula is C11H28O5Si3. The molecule has 1 fully saturated rings. The van der Waals surface area contributed by atoms with Gasteiger partial charge in [-0.15, -0.1) is 0 Å². The van der Waals surface area contributed by atoms with E-state index in [1.807, 2.05) is 0 Å². The molecule has 0 bridgehead atoms. The summed E-state index contributed by atoms with van der Waals surface area (Å²) in [7, 11) is -0.710. The Kier molecular flexibility index (Phi) is 7.40. The monoisotopic (exact) mass is 324 g/mol. The summed E-state index contributed by atoms with van der Waals surface area (Å²) >= 11 is 0. The van der Waals surface area contributed by atoms with Crippen molar-refractivity contribution in [3.05, 3.63) is 0 Å². The van der Waals surface area contributed by atoms with Crippen molar-refractivity contribution in [3.63, 3.8) is 0 Å². The van der Waals surface area contributed by atoms with Gasteiger partial charge in [0.25, 0.3) is 0 Å². The van der Waals surface area contributed by atoms with Gasteiger partial charge in [0.2, 0.25) is 0 Å². The van der Waals surface area contributed by atoms with Gasteiger partial charge in [0.15, 0.2) is 9.04 Å². The fraction of sp³-hybridized carbons (Fsp3) is 1.00. The molecule has 1 aliphatic heterocycles. The smallest absolute Gasteiger partial charge is 0.439 e. The van der Waals surface area contributed by atoms with E-state index >= 15 is 0 Å². The van der Waals surface area contributed by atoms with Gasteiger partial charge in [0.1, 0.15) is 0 Å². The predicted molar refractivity (Wildman–Crippen MR) is 82.1 cm³/mol. The Bertz CT molecular complexity index is 256. The molecule has 0 aromatic heterocycles. The quantitative estimate of drug-likeness (QED) is 0.700. The highest BCUT2D eigenvalue weighted by atomic mass is 28.4. The summed E-state index contributed by atoms with van der Waals surface area (Å²) < 4.78 is 28.8. The lowest BCUT2D eigenvalue weighted by Gasteiger charge is -2.34. The molecule has 1 heterocycles. The van der Waals surface area contributed by atoms with E-state index in [9.17, 15) is 0 Å². The van der Waals surface area contributed by atoms with Crippen LogP contribution < -0.4 is 0 Å². The van der Waals surface area contributed by atoms with Crippen LogP contribution in [0, 0.1) is 0 Å². The second kappa shape index (κ2) is 8.03. The Morgan fingerprint density at radius 2 is 1.79 bits per heavy atom. The molecule has 0 aliphatic carbocycles. The molecule has 0 amide bonds. The summed E-state index contributed by atoms with van der Waals surface area (Å²) in [6, 6.07) is 2.90. The van der Waals surface area contributed by atoms with E-state index in [1.165, 1.54) is 12.5 Å². The van der Waals surface area contributed by atoms with Crippen molar-refractivity contribution in [2.24, 2.45) is 0 Å². The minimum Gasteiger partial charge on any atom is -0.439 e. The van der Waals surface area contributed by atoms with Gasteiger partial charge in [-0.1, -0.05) is 6.42 Å². The maximum atomic E-state index is 6.32. The maximum absolute atomic E-state index is 6.32. The molecular weight excluding hydrogens is 296 g/mol. The minimum atomic E-state index is -2.51. The molecule has 0 spiro atoms. The van der Waals surface area contributed by atoms with Crippen molar-refractivity contribution >= 4 is 26.4 Å². The standard InChI is InChI=1S/C11H28O5Si3/c1-12-19(13-2,14-3)11-10-18(5)15-8-6-7-9-17(4)16-18/h17H,6-11H2,1-5H3. The van der Waals surface area contributed by atoms with Crippen molar-refractivity contribution in [1.29, 1.82) is 0 Å². The van der Waals surface area contributed by atoms with Gasteiger partial charge in [0.05, 0.1) is 0 Å². The first-order valence-corrected chi connectivity index (χ1v) is 13.9. The lowest BCUT2D eigenvalue weighted by molar-refractivity contribution is 0.123. The molecule has 1 saturated heterocycles. The van der Waals surface area contributed by atoms with E-state index in [1.54, 1.807) is 21.3 Å². The van der Waals surface area contributed by atoms with Gasteiger partial charge in [-0.05, 0) is 31.6 Å². The van der Waals surface area contributed by atoms with Crippen molar-refractivity contribution in [2.75, 3.05) is 27.9 Å². The molecule has 1 aliphatic rings. The Morgan fingerprint density at radius 3 is 2.37 bits per heavy atom. The van der Waals surface area contributed by atoms with E-state index in [0.717, 1.165) is 25.1 Å². The lowest BCUT2D eigenvalue weighted by Crippen LogP contribution is -2.49. The maximum Gasteiger partial charge on any atom is 0.500 e. The molecule has 0 radical (unpaired) electrons. The molecule has 114 valence electrons. The average molecular weight is 325 g/mol. The highest BCUT2D eigenvalue weighted by Crippen LogP contribution is 2.26. The first-order chi connectivity index (χ1) is 8.99. The molecule has 0 aromatic rings. The zero-order valence-electron chi connectivity index (χ0n) is 12.9. The third-order valence-corrected chi connectivity index (χ3v) is 13.7. The van der Waals surface area contributed by atoms with Gasteiger partial charge in [0, 0.05) is 34.0 Å². The van der Waals surface area contributed by atoms with Crippen LogP contribution in [0.4, 0.5) is 0 Å². The number of hydrogen-bond acceptors (Lipinski definition) is 5. The van der Waals surface area contributed by atoms with E-state index in [0.29, 0.717) is 0 Å². The third-order valence-electron chi connectivity index (χ3n) is 3.68. The van der Waals surface area contributed by atoms with Gasteiger partial charge in [-0.25, -0.2) is 0 Å². The Labute approximate surface area is 120 Å². The fourth-order valence-electron chi connectivity index (χ4n) is 2.41. The molecule has 2 atom stereocenters. The van der Waals surface area contributed by atoms with Crippen LogP contribution in [0.3, 0.4) is 0 Å². The van der Waals surface area contributed by atoms with Crippen LogP contribution in [0.1, 0.15) is 12.8 Å². The SMILES string of the molecule is CO[Si](CC[Si]1(C)OCCCC[SiH](C)O1)(OC)OC. The topological polar surface area (TPSA) is 46.2 Å². The molecule has 1 rings (SSSR count). The minimum absolute atomic E-state index is 0.764. The normalized spacial score (nSPS) is 29.8. The van der Waals surface area contributed by atoms with Crippen molar-refractivity contribution < 1.29 is 21.8 Å². The summed E-state index contributed by atoms with van der Waals surface area (Å²) in [6.07, 6.45) is 2.40. The van der Waals surface area contributed by atoms with Crippen LogP contribution in [0.25, 0.3) is 0 Å². The summed E-state index contributed by atoms with van der Waals surface area (Å²) in [6.45, 7) is 5.26. The van der Waals surface area contributed by atoms with Crippen LogP contribution in [0.5, 0.6) is 0 Å². The number of hydrogen-bond donors (Lipinski definition) is 0. The van der Waals surface area contributed by atoms with Gasteiger partial charge in [-0.3, -0.25) is 0 Å². The van der Waals surface area contributed by atoms with E-state index in [-0.39, 0.29) is 0 Å². The highest BCUT2D eigenvalue weighted by Gasteiger charge is 2.43. The molecule has 0 saturated carbocycles. The summed E-state index contributed by atoms with van der Waals surface area (Å²) in [5.74, 6) is 0. The van der Waals surface area contributed by atoms with Crippen LogP contribution in [-0.2, 0) is 21.8 Å². The van der Waals surface area contributed by atoms with Crippen molar-refractivity contribution in [3.8, 4) is 0 Å². The molecule has 8 heteroatoms. The zero-order valence-corrected chi connectivity index (χ0v) is 16.0. The van der Waals surface area contributed by atoms with E-state index in [2.05, 4.69) is 13.1 Å². The largest absolute Gasteiger partial charge is 0.500 e. The molecule has 0 N–H and O–H groups in total. The van der Waals surface area contributed by atoms with Gasteiger partial charge >= 0.3 is 17.4 Å². The molecule has 5 nitrogen and oxygen atoms in total. The predicted octanol–water partition coefficient (Wildman–Crippen LogP) is 2.12. The number of rotatable bonds is 6. The molecule has 2 unspecified atom stereocenters. The van der Waals surface area contributed by atoms with Crippen LogP contribution >= 0.6 is 0 Å². The molecule has 0 aromatic carbocycles. The first-order valence-electron chi connectivity index (χ1n) is 6.96. The first kappa shape index (κ1) is 17.5. The van der Waals surface area contributed by atoms with Crippen LogP contribution in [0.2, 0.25) is 31.2 Å². The van der Waals surface area contributed by atoms with Crippen molar-refractivity contribution in [2.45, 2.75) is 44.1 Å². The highest BCUT2D eigenvalue weighted by molar-refractivity contribution is 6.75. The van der Waals surface area contributed by atoms with Gasteiger partial charge < -0.3 is 21.8 Å². The summed E-state index contributed by atoms with van der Waals surface area (Å²) in [5.41, 5.74) is 0. The summed E-state index contributed by atoms with van der Waals surface area (Å²) in [5, 5.41) is 0. The summed E-state index contributed by atoms with van der Waals surface area (Å²) in [4.78, 5) is 0. The van der Waals surface area contributed by atoms with Crippen LogP contribution in [0.15, 0.2) is 0 Å². The third kappa shape index (κ3) is 5.38. The van der Waals surface area contributed by atoms with Gasteiger partial charge in [-0.2, -0.15) is 0 Å².